The number of rotatable bonds is 2. The zero-order valence-corrected chi connectivity index (χ0v) is 10.3. The lowest BCUT2D eigenvalue weighted by Crippen LogP contribution is -1.91. The molecule has 0 amide bonds. The summed E-state index contributed by atoms with van der Waals surface area (Å²) in [6.07, 6.45) is 0.751. The van der Waals surface area contributed by atoms with Gasteiger partial charge in [0.2, 0.25) is 0 Å². The highest BCUT2D eigenvalue weighted by Gasteiger charge is 2.13. The number of hydrogen-bond donors (Lipinski definition) is 2. The topological polar surface area (TPSA) is 54.7 Å². The Balaban J connectivity index is 2.62. The molecule has 1 heterocycles. The number of halogens is 2. The van der Waals surface area contributed by atoms with Crippen LogP contribution in [0.5, 0.6) is 0 Å². The molecule has 0 saturated heterocycles. The van der Waals surface area contributed by atoms with Gasteiger partial charge < -0.3 is 5.73 Å². The summed E-state index contributed by atoms with van der Waals surface area (Å²) in [5.41, 5.74) is 8.14. The van der Waals surface area contributed by atoms with E-state index in [-0.39, 0.29) is 5.82 Å². The summed E-state index contributed by atoms with van der Waals surface area (Å²) >= 11 is 3.38. The lowest BCUT2D eigenvalue weighted by atomic mass is 10.1. The van der Waals surface area contributed by atoms with Crippen LogP contribution in [0, 0.1) is 5.82 Å². The third kappa shape index (κ3) is 1.82. The van der Waals surface area contributed by atoms with Crippen LogP contribution in [0.2, 0.25) is 0 Å². The molecular formula is C11H11BrFN3. The Bertz CT molecular complexity index is 522. The van der Waals surface area contributed by atoms with Crippen LogP contribution in [0.15, 0.2) is 22.7 Å². The van der Waals surface area contributed by atoms with E-state index in [4.69, 9.17) is 5.73 Å². The minimum atomic E-state index is -0.284. The maximum atomic E-state index is 13.2. The van der Waals surface area contributed by atoms with Crippen LogP contribution >= 0.6 is 15.9 Å². The summed E-state index contributed by atoms with van der Waals surface area (Å²) in [4.78, 5) is 0. The number of aromatic amines is 1. The van der Waals surface area contributed by atoms with Crippen molar-refractivity contribution in [1.29, 1.82) is 0 Å². The molecule has 5 heteroatoms. The standard InChI is InChI=1S/C11H11BrFN3/c1-2-7-10(15-16-11(7)14)8-5-6(13)3-4-9(8)12/h3-5H,2H2,1H3,(H3,14,15,16). The molecule has 3 N–H and O–H groups in total. The van der Waals surface area contributed by atoms with Crippen LogP contribution in [-0.2, 0) is 6.42 Å². The van der Waals surface area contributed by atoms with Gasteiger partial charge in [-0.1, -0.05) is 22.9 Å². The molecule has 0 atom stereocenters. The molecule has 0 aliphatic carbocycles. The molecule has 1 aromatic heterocycles. The molecule has 84 valence electrons. The lowest BCUT2D eigenvalue weighted by molar-refractivity contribution is 0.628. The molecule has 3 nitrogen and oxygen atoms in total. The van der Waals surface area contributed by atoms with Gasteiger partial charge in [0.05, 0.1) is 5.69 Å². The van der Waals surface area contributed by atoms with E-state index in [9.17, 15) is 4.39 Å². The van der Waals surface area contributed by atoms with Gasteiger partial charge in [-0.15, -0.1) is 0 Å². The zero-order chi connectivity index (χ0) is 11.7. The zero-order valence-electron chi connectivity index (χ0n) is 8.72. The minimum absolute atomic E-state index is 0.284. The molecule has 0 saturated carbocycles. The molecule has 0 bridgehead atoms. The number of anilines is 1. The first-order valence-electron chi connectivity index (χ1n) is 4.91. The summed E-state index contributed by atoms with van der Waals surface area (Å²) in [5.74, 6) is 0.182. The van der Waals surface area contributed by atoms with E-state index >= 15 is 0 Å². The van der Waals surface area contributed by atoms with Crippen molar-refractivity contribution in [1.82, 2.24) is 10.2 Å². The average molecular weight is 284 g/mol. The summed E-state index contributed by atoms with van der Waals surface area (Å²) in [6, 6.07) is 4.52. The Morgan fingerprint density at radius 2 is 2.25 bits per heavy atom. The monoisotopic (exact) mass is 283 g/mol. The predicted octanol–water partition coefficient (Wildman–Crippen LogP) is 3.12. The van der Waals surface area contributed by atoms with Crippen molar-refractivity contribution < 1.29 is 4.39 Å². The summed E-state index contributed by atoms with van der Waals surface area (Å²) in [5, 5.41) is 6.78. The van der Waals surface area contributed by atoms with Crippen LogP contribution in [-0.4, -0.2) is 10.2 Å². The maximum absolute atomic E-state index is 13.2. The van der Waals surface area contributed by atoms with Crippen molar-refractivity contribution in [2.45, 2.75) is 13.3 Å². The van der Waals surface area contributed by atoms with Crippen LogP contribution in [0.25, 0.3) is 11.3 Å². The lowest BCUT2D eigenvalue weighted by Gasteiger charge is -2.04. The van der Waals surface area contributed by atoms with Gasteiger partial charge in [-0.3, -0.25) is 5.10 Å². The van der Waals surface area contributed by atoms with Crippen molar-refractivity contribution >= 4 is 21.7 Å². The number of nitrogens with one attached hydrogen (secondary N) is 1. The van der Waals surface area contributed by atoms with Crippen LogP contribution < -0.4 is 5.73 Å². The molecule has 2 rings (SSSR count). The second kappa shape index (κ2) is 4.25. The molecule has 1 aromatic carbocycles. The largest absolute Gasteiger partial charge is 0.382 e. The number of benzene rings is 1. The Morgan fingerprint density at radius 1 is 1.50 bits per heavy atom. The van der Waals surface area contributed by atoms with Crippen LogP contribution in [0.3, 0.4) is 0 Å². The van der Waals surface area contributed by atoms with Gasteiger partial charge in [0.15, 0.2) is 0 Å². The number of nitrogens with two attached hydrogens (primary N) is 1. The summed E-state index contributed by atoms with van der Waals surface area (Å²) < 4.78 is 14.0. The van der Waals surface area contributed by atoms with E-state index in [1.165, 1.54) is 12.1 Å². The molecular weight excluding hydrogens is 273 g/mol. The van der Waals surface area contributed by atoms with E-state index in [2.05, 4.69) is 26.1 Å². The van der Waals surface area contributed by atoms with Crippen molar-refractivity contribution in [3.63, 3.8) is 0 Å². The third-order valence-corrected chi connectivity index (χ3v) is 3.14. The number of nitrogens with zero attached hydrogens (tertiary/aromatic N) is 1. The third-order valence-electron chi connectivity index (χ3n) is 2.45. The van der Waals surface area contributed by atoms with Gasteiger partial charge >= 0.3 is 0 Å². The van der Waals surface area contributed by atoms with Crippen molar-refractivity contribution in [3.8, 4) is 11.3 Å². The first-order chi connectivity index (χ1) is 7.63. The van der Waals surface area contributed by atoms with E-state index in [1.807, 2.05) is 6.92 Å². The molecule has 0 aliphatic heterocycles. The number of H-pyrrole nitrogens is 1. The highest BCUT2D eigenvalue weighted by Crippen LogP contribution is 2.32. The second-order valence-electron chi connectivity index (χ2n) is 3.44. The van der Waals surface area contributed by atoms with Crippen molar-refractivity contribution in [2.75, 3.05) is 5.73 Å². The highest BCUT2D eigenvalue weighted by molar-refractivity contribution is 9.10. The van der Waals surface area contributed by atoms with Gasteiger partial charge in [0.25, 0.3) is 0 Å². The van der Waals surface area contributed by atoms with Crippen molar-refractivity contribution in [2.24, 2.45) is 0 Å². The van der Waals surface area contributed by atoms with E-state index < -0.39 is 0 Å². The smallest absolute Gasteiger partial charge is 0.149 e. The fourth-order valence-electron chi connectivity index (χ4n) is 1.65. The van der Waals surface area contributed by atoms with Gasteiger partial charge in [-0.25, -0.2) is 4.39 Å². The van der Waals surface area contributed by atoms with Crippen molar-refractivity contribution in [3.05, 3.63) is 34.1 Å². The number of hydrogen-bond acceptors (Lipinski definition) is 2. The summed E-state index contributed by atoms with van der Waals surface area (Å²) in [6.45, 7) is 1.98. The molecule has 0 fully saturated rings. The predicted molar refractivity (Wildman–Crippen MR) is 65.5 cm³/mol. The quantitative estimate of drug-likeness (QED) is 0.890. The SMILES string of the molecule is CCc1c(N)n[nH]c1-c1cc(F)ccc1Br. The van der Waals surface area contributed by atoms with Crippen LogP contribution in [0.4, 0.5) is 10.2 Å². The maximum Gasteiger partial charge on any atom is 0.149 e. The average Bonchev–Trinajstić information content (AvgIpc) is 2.63. The molecule has 0 unspecified atom stereocenters. The number of nitrogen functional groups attached to an aromatic ring is 1. The first-order valence-corrected chi connectivity index (χ1v) is 5.71. The van der Waals surface area contributed by atoms with E-state index in [0.717, 1.165) is 27.7 Å². The fourth-order valence-corrected chi connectivity index (χ4v) is 2.09. The Hall–Kier alpha value is -1.36. The van der Waals surface area contributed by atoms with Gasteiger partial charge in [-0.2, -0.15) is 5.10 Å². The van der Waals surface area contributed by atoms with Gasteiger partial charge in [0, 0.05) is 15.6 Å². The number of aromatic nitrogens is 2. The summed E-state index contributed by atoms with van der Waals surface area (Å²) in [7, 11) is 0. The van der Waals surface area contributed by atoms with E-state index in [0.29, 0.717) is 5.82 Å². The molecule has 2 aromatic rings. The Kier molecular flexibility index (Phi) is 2.96. The molecule has 0 spiro atoms. The first kappa shape index (κ1) is 11.1. The normalized spacial score (nSPS) is 10.7. The van der Waals surface area contributed by atoms with E-state index in [1.54, 1.807) is 6.07 Å². The van der Waals surface area contributed by atoms with Crippen LogP contribution in [0.1, 0.15) is 12.5 Å². The molecule has 0 aliphatic rings. The Morgan fingerprint density at radius 3 is 2.94 bits per heavy atom. The second-order valence-corrected chi connectivity index (χ2v) is 4.29. The Labute approximate surface area is 101 Å². The van der Waals surface area contributed by atoms with Gasteiger partial charge in [-0.05, 0) is 24.6 Å². The minimum Gasteiger partial charge on any atom is -0.382 e. The molecule has 0 radical (unpaired) electrons. The molecule has 16 heavy (non-hydrogen) atoms. The highest BCUT2D eigenvalue weighted by atomic mass is 79.9. The van der Waals surface area contributed by atoms with Gasteiger partial charge in [0.1, 0.15) is 11.6 Å². The fraction of sp³-hybridized carbons (Fsp3) is 0.182.